The second-order valence-electron chi connectivity index (χ2n) is 7.87. The summed E-state index contributed by atoms with van der Waals surface area (Å²) in [5, 5.41) is 14.9. The molecule has 0 aromatic heterocycles. The van der Waals surface area contributed by atoms with Crippen LogP contribution in [0.1, 0.15) is 39.5 Å². The van der Waals surface area contributed by atoms with Gasteiger partial charge in [-0.15, -0.1) is 0 Å². The van der Waals surface area contributed by atoms with Crippen molar-refractivity contribution in [1.29, 1.82) is 0 Å². The van der Waals surface area contributed by atoms with E-state index < -0.39 is 4.92 Å². The highest BCUT2D eigenvalue weighted by Gasteiger charge is 2.16. The van der Waals surface area contributed by atoms with Gasteiger partial charge in [0.1, 0.15) is 0 Å². The van der Waals surface area contributed by atoms with Crippen LogP contribution in [-0.2, 0) is 19.5 Å². The van der Waals surface area contributed by atoms with Crippen molar-refractivity contribution < 1.29 is 9.72 Å². The van der Waals surface area contributed by atoms with Crippen LogP contribution in [0.5, 0.6) is 0 Å². The molecule has 0 bridgehead atoms. The number of amides is 1. The van der Waals surface area contributed by atoms with Crippen LogP contribution in [-0.4, -0.2) is 28.0 Å². The molecule has 162 valence electrons. The van der Waals surface area contributed by atoms with Crippen molar-refractivity contribution >= 4 is 17.3 Å². The lowest BCUT2D eigenvalue weighted by molar-refractivity contribution is -0.384. The van der Waals surface area contributed by atoms with Crippen LogP contribution >= 0.6 is 0 Å². The number of carbonyl (C=O) groups is 1. The smallest absolute Gasteiger partial charge is 0.271 e. The summed E-state index contributed by atoms with van der Waals surface area (Å²) in [5.74, 6) is -0.301. The number of nitro groups is 1. The molecule has 7 heteroatoms. The van der Waals surface area contributed by atoms with Gasteiger partial charge in [0.25, 0.3) is 11.6 Å². The average molecular weight is 428 g/mol. The standard InChI is InChI=1S/C25H24N4O3/c1-18(20-10-12-24(13-11-20)29(31)32)26-27-25(30)22-8-6-19(7-9-22)16-28-15-14-21-4-2-3-5-23(21)17-28/h2-13H,14-17H2,1H3,(H,27,30)/b26-18-. The van der Waals surface area contributed by atoms with Crippen molar-refractivity contribution in [1.82, 2.24) is 10.3 Å². The third-order valence-corrected chi connectivity index (χ3v) is 5.65. The number of hydrazone groups is 1. The number of rotatable bonds is 6. The minimum atomic E-state index is -0.453. The van der Waals surface area contributed by atoms with Gasteiger partial charge in [-0.25, -0.2) is 5.43 Å². The highest BCUT2D eigenvalue weighted by atomic mass is 16.6. The number of carbonyl (C=O) groups excluding carboxylic acids is 1. The van der Waals surface area contributed by atoms with Gasteiger partial charge >= 0.3 is 0 Å². The molecule has 1 aliphatic rings. The van der Waals surface area contributed by atoms with Crippen LogP contribution in [0.25, 0.3) is 0 Å². The van der Waals surface area contributed by atoms with Crippen LogP contribution in [0.3, 0.4) is 0 Å². The molecule has 0 aliphatic carbocycles. The lowest BCUT2D eigenvalue weighted by atomic mass is 9.99. The lowest BCUT2D eigenvalue weighted by Gasteiger charge is -2.28. The normalized spacial score (nSPS) is 14.0. The first-order chi connectivity index (χ1) is 15.5. The predicted octanol–water partition coefficient (Wildman–Crippen LogP) is 4.31. The van der Waals surface area contributed by atoms with Crippen molar-refractivity contribution in [2.75, 3.05) is 6.54 Å². The van der Waals surface area contributed by atoms with Gasteiger partial charge < -0.3 is 0 Å². The summed E-state index contributed by atoms with van der Waals surface area (Å²) in [6, 6.07) is 22.2. The van der Waals surface area contributed by atoms with Crippen LogP contribution in [0.4, 0.5) is 5.69 Å². The van der Waals surface area contributed by atoms with Gasteiger partial charge in [-0.1, -0.05) is 36.4 Å². The number of nitro benzene ring substituents is 1. The Labute approximate surface area is 186 Å². The zero-order valence-corrected chi connectivity index (χ0v) is 17.8. The van der Waals surface area contributed by atoms with Crippen LogP contribution in [0.2, 0.25) is 0 Å². The molecule has 0 unspecified atom stereocenters. The summed E-state index contributed by atoms with van der Waals surface area (Å²) in [5.41, 5.74) is 8.33. The Bertz CT molecular complexity index is 1150. The first kappa shape index (κ1) is 21.4. The van der Waals surface area contributed by atoms with E-state index in [9.17, 15) is 14.9 Å². The van der Waals surface area contributed by atoms with Crippen molar-refractivity contribution in [2.45, 2.75) is 26.4 Å². The van der Waals surface area contributed by atoms with E-state index >= 15 is 0 Å². The van der Waals surface area contributed by atoms with Gasteiger partial charge in [-0.05, 0) is 59.9 Å². The van der Waals surface area contributed by atoms with E-state index in [0.29, 0.717) is 16.8 Å². The molecule has 1 amide bonds. The van der Waals surface area contributed by atoms with Crippen molar-refractivity contribution in [3.63, 3.8) is 0 Å². The molecule has 3 aromatic rings. The molecule has 32 heavy (non-hydrogen) atoms. The average Bonchev–Trinajstić information content (AvgIpc) is 2.82. The Morgan fingerprint density at radius 2 is 1.66 bits per heavy atom. The maximum Gasteiger partial charge on any atom is 0.271 e. The number of benzene rings is 3. The van der Waals surface area contributed by atoms with E-state index in [1.165, 1.54) is 23.3 Å². The summed E-state index contributed by atoms with van der Waals surface area (Å²) in [7, 11) is 0. The van der Waals surface area contributed by atoms with Gasteiger partial charge in [0, 0.05) is 37.3 Å². The van der Waals surface area contributed by atoms with E-state index in [4.69, 9.17) is 0 Å². The maximum absolute atomic E-state index is 12.4. The minimum Gasteiger partial charge on any atom is -0.294 e. The van der Waals surface area contributed by atoms with Crippen molar-refractivity contribution in [3.8, 4) is 0 Å². The Balaban J connectivity index is 1.34. The quantitative estimate of drug-likeness (QED) is 0.360. The Morgan fingerprint density at radius 1 is 1.00 bits per heavy atom. The number of fused-ring (bicyclic) bond motifs is 1. The second kappa shape index (κ2) is 9.53. The number of hydrogen-bond acceptors (Lipinski definition) is 5. The van der Waals surface area contributed by atoms with E-state index in [-0.39, 0.29) is 11.6 Å². The predicted molar refractivity (Wildman–Crippen MR) is 123 cm³/mol. The summed E-state index contributed by atoms with van der Waals surface area (Å²) >= 11 is 0. The summed E-state index contributed by atoms with van der Waals surface area (Å²) in [6.45, 7) is 4.54. The highest BCUT2D eigenvalue weighted by Crippen LogP contribution is 2.20. The Hall–Kier alpha value is -3.84. The van der Waals surface area contributed by atoms with Crippen molar-refractivity contribution in [3.05, 3.63) is 111 Å². The second-order valence-corrected chi connectivity index (χ2v) is 7.87. The molecule has 7 nitrogen and oxygen atoms in total. The zero-order chi connectivity index (χ0) is 22.5. The lowest BCUT2D eigenvalue weighted by Crippen LogP contribution is -2.30. The van der Waals surface area contributed by atoms with Crippen molar-refractivity contribution in [2.24, 2.45) is 5.10 Å². The minimum absolute atomic E-state index is 0.0134. The summed E-state index contributed by atoms with van der Waals surface area (Å²) < 4.78 is 0. The van der Waals surface area contributed by atoms with Crippen LogP contribution in [0.15, 0.2) is 77.9 Å². The van der Waals surface area contributed by atoms with E-state index in [0.717, 1.165) is 31.6 Å². The number of nitrogens with zero attached hydrogens (tertiary/aromatic N) is 3. The maximum atomic E-state index is 12.4. The Kier molecular flexibility index (Phi) is 6.37. The third-order valence-electron chi connectivity index (χ3n) is 5.65. The molecule has 0 saturated carbocycles. The number of non-ortho nitro benzene ring substituents is 1. The molecule has 1 N–H and O–H groups in total. The summed E-state index contributed by atoms with van der Waals surface area (Å²) in [4.78, 5) is 25.2. The monoisotopic (exact) mass is 428 g/mol. The summed E-state index contributed by atoms with van der Waals surface area (Å²) in [6.07, 6.45) is 1.06. The fraction of sp³-hybridized carbons (Fsp3) is 0.200. The van der Waals surface area contributed by atoms with Gasteiger partial charge in [0.15, 0.2) is 0 Å². The molecular weight excluding hydrogens is 404 g/mol. The molecule has 1 heterocycles. The topological polar surface area (TPSA) is 87.8 Å². The van der Waals surface area contributed by atoms with Gasteiger partial charge in [-0.3, -0.25) is 19.8 Å². The number of nitrogens with one attached hydrogen (secondary N) is 1. The van der Waals surface area contributed by atoms with Crippen LogP contribution in [0, 0.1) is 10.1 Å². The first-order valence-corrected chi connectivity index (χ1v) is 10.5. The van der Waals surface area contributed by atoms with E-state index in [1.807, 2.05) is 12.1 Å². The number of hydrogen-bond donors (Lipinski definition) is 1. The molecule has 3 aromatic carbocycles. The molecule has 0 spiro atoms. The van der Waals surface area contributed by atoms with Gasteiger partial charge in [0.05, 0.1) is 10.6 Å². The van der Waals surface area contributed by atoms with Gasteiger partial charge in [0.2, 0.25) is 0 Å². The third kappa shape index (κ3) is 5.07. The SMILES string of the molecule is C/C(=N/NC(=O)c1ccc(CN2CCc3ccccc3C2)cc1)c1ccc([N+](=O)[O-])cc1. The fourth-order valence-corrected chi connectivity index (χ4v) is 3.80. The molecule has 0 atom stereocenters. The zero-order valence-electron chi connectivity index (χ0n) is 17.8. The molecule has 0 fully saturated rings. The largest absolute Gasteiger partial charge is 0.294 e. The molecule has 0 saturated heterocycles. The van der Waals surface area contributed by atoms with E-state index in [1.54, 1.807) is 31.2 Å². The Morgan fingerprint density at radius 3 is 2.34 bits per heavy atom. The van der Waals surface area contributed by atoms with E-state index in [2.05, 4.69) is 39.7 Å². The highest BCUT2D eigenvalue weighted by molar-refractivity contribution is 6.01. The molecule has 4 rings (SSSR count). The van der Waals surface area contributed by atoms with Crippen LogP contribution < -0.4 is 5.43 Å². The first-order valence-electron chi connectivity index (χ1n) is 10.5. The molecule has 1 aliphatic heterocycles. The fourth-order valence-electron chi connectivity index (χ4n) is 3.80. The van der Waals surface area contributed by atoms with Gasteiger partial charge in [-0.2, -0.15) is 5.10 Å². The molecular formula is C25H24N4O3. The molecule has 0 radical (unpaired) electrons.